The number of amides is 1. The maximum Gasteiger partial charge on any atom is 0.273 e. The maximum absolute atomic E-state index is 12.3. The van der Waals surface area contributed by atoms with Crippen molar-refractivity contribution in [2.45, 2.75) is 19.4 Å². The molecule has 0 bridgehead atoms. The van der Waals surface area contributed by atoms with Gasteiger partial charge in [0, 0.05) is 44.6 Å². The van der Waals surface area contributed by atoms with Gasteiger partial charge in [0.1, 0.15) is 5.69 Å². The van der Waals surface area contributed by atoms with E-state index in [2.05, 4.69) is 22.1 Å². The zero-order valence-corrected chi connectivity index (χ0v) is 12.8. The Morgan fingerprint density at radius 3 is 2.70 bits per heavy atom. The summed E-state index contributed by atoms with van der Waals surface area (Å²) < 4.78 is 0. The highest BCUT2D eigenvalue weighted by molar-refractivity contribution is 7.13. The summed E-state index contributed by atoms with van der Waals surface area (Å²) in [6.45, 7) is 5.28. The zero-order valence-electron chi connectivity index (χ0n) is 12.0. The number of aliphatic hydroxyl groups is 1. The number of nitrogens with one attached hydrogen (secondary N) is 1. The van der Waals surface area contributed by atoms with Gasteiger partial charge in [0.2, 0.25) is 0 Å². The zero-order chi connectivity index (χ0) is 14.5. The van der Waals surface area contributed by atoms with Crippen LogP contribution in [0.1, 0.15) is 23.8 Å². The lowest BCUT2D eigenvalue weighted by molar-refractivity contribution is 0.0469. The van der Waals surface area contributed by atoms with Crippen molar-refractivity contribution in [2.24, 2.45) is 0 Å². The molecule has 1 amide bonds. The summed E-state index contributed by atoms with van der Waals surface area (Å²) >= 11 is 1.44. The van der Waals surface area contributed by atoms with Crippen molar-refractivity contribution >= 4 is 22.4 Å². The molecular weight excluding hydrogens is 276 g/mol. The number of hydrogen-bond donors (Lipinski definition) is 2. The Morgan fingerprint density at radius 2 is 2.20 bits per heavy atom. The average Bonchev–Trinajstić information content (AvgIpc) is 2.97. The normalized spacial score (nSPS) is 18.1. The van der Waals surface area contributed by atoms with Crippen molar-refractivity contribution in [1.82, 2.24) is 14.8 Å². The Kier molecular flexibility index (Phi) is 5.33. The van der Waals surface area contributed by atoms with Crippen molar-refractivity contribution in [3.63, 3.8) is 0 Å². The van der Waals surface area contributed by atoms with E-state index in [1.165, 1.54) is 11.3 Å². The highest BCUT2D eigenvalue weighted by atomic mass is 32.1. The number of carbonyl (C=O) groups excluding carboxylic acids is 1. The Hall–Kier alpha value is -1.18. The Bertz CT molecular complexity index is 439. The number of rotatable bonds is 5. The molecule has 0 saturated carbocycles. The molecule has 112 valence electrons. The van der Waals surface area contributed by atoms with Crippen LogP contribution in [0.5, 0.6) is 0 Å². The highest BCUT2D eigenvalue weighted by Crippen LogP contribution is 2.17. The lowest BCUT2D eigenvalue weighted by atomic mass is 10.1. The summed E-state index contributed by atoms with van der Waals surface area (Å²) in [4.78, 5) is 20.7. The van der Waals surface area contributed by atoms with E-state index in [0.717, 1.165) is 24.6 Å². The fourth-order valence-corrected chi connectivity index (χ4v) is 3.09. The van der Waals surface area contributed by atoms with Crippen LogP contribution < -0.4 is 5.32 Å². The third kappa shape index (κ3) is 3.28. The second-order valence-electron chi connectivity index (χ2n) is 4.86. The third-order valence-electron chi connectivity index (χ3n) is 3.74. The minimum absolute atomic E-state index is 0.000512. The number of piperazine rings is 1. The van der Waals surface area contributed by atoms with Crippen molar-refractivity contribution in [3.05, 3.63) is 11.1 Å². The van der Waals surface area contributed by atoms with Crippen molar-refractivity contribution in [2.75, 3.05) is 45.2 Å². The summed E-state index contributed by atoms with van der Waals surface area (Å²) in [6.07, 6.45) is 0.933. The first-order valence-electron chi connectivity index (χ1n) is 6.97. The molecule has 1 atom stereocenters. The van der Waals surface area contributed by atoms with E-state index < -0.39 is 0 Å². The average molecular weight is 298 g/mol. The minimum atomic E-state index is -0.000512. The SMILES string of the molecule is CCC(CO)N1CCN(C(=O)c2csc(NC)n2)CC1. The van der Waals surface area contributed by atoms with Crippen LogP contribution in [0.4, 0.5) is 5.13 Å². The summed E-state index contributed by atoms with van der Waals surface area (Å²) in [5, 5.41) is 14.8. The fourth-order valence-electron chi connectivity index (χ4n) is 2.44. The van der Waals surface area contributed by atoms with E-state index in [-0.39, 0.29) is 18.6 Å². The number of aromatic nitrogens is 1. The van der Waals surface area contributed by atoms with Gasteiger partial charge in [-0.2, -0.15) is 0 Å². The van der Waals surface area contributed by atoms with Crippen LogP contribution in [-0.2, 0) is 0 Å². The molecule has 2 heterocycles. The molecule has 1 aromatic rings. The molecule has 0 aliphatic carbocycles. The standard InChI is InChI=1S/C13H22N4O2S/c1-3-10(8-18)16-4-6-17(7-5-16)12(19)11-9-20-13(14-2)15-11/h9-10,18H,3-8H2,1-2H3,(H,14,15). The molecule has 0 aromatic carbocycles. The van der Waals surface area contributed by atoms with Crippen LogP contribution in [0.2, 0.25) is 0 Å². The molecule has 1 aliphatic rings. The van der Waals surface area contributed by atoms with E-state index in [9.17, 15) is 9.90 Å². The second-order valence-corrected chi connectivity index (χ2v) is 5.72. The molecule has 1 fully saturated rings. The molecule has 1 unspecified atom stereocenters. The number of nitrogens with zero attached hydrogens (tertiary/aromatic N) is 3. The van der Waals surface area contributed by atoms with Crippen LogP contribution in [0, 0.1) is 0 Å². The molecule has 1 saturated heterocycles. The molecule has 6 nitrogen and oxygen atoms in total. The maximum atomic E-state index is 12.3. The predicted octanol–water partition coefficient (Wildman–Crippen LogP) is 0.713. The topological polar surface area (TPSA) is 68.7 Å². The van der Waals surface area contributed by atoms with Gasteiger partial charge in [0.05, 0.1) is 6.61 Å². The molecule has 0 spiro atoms. The number of carbonyl (C=O) groups is 1. The lowest BCUT2D eigenvalue weighted by Gasteiger charge is -2.38. The first kappa shape index (κ1) is 15.2. The predicted molar refractivity (Wildman–Crippen MR) is 80.3 cm³/mol. The number of hydrogen-bond acceptors (Lipinski definition) is 6. The van der Waals surface area contributed by atoms with Gasteiger partial charge >= 0.3 is 0 Å². The fraction of sp³-hybridized carbons (Fsp3) is 0.692. The quantitative estimate of drug-likeness (QED) is 0.838. The largest absolute Gasteiger partial charge is 0.395 e. The van der Waals surface area contributed by atoms with E-state index in [1.807, 2.05) is 4.90 Å². The van der Waals surface area contributed by atoms with Gasteiger partial charge in [-0.3, -0.25) is 9.69 Å². The van der Waals surface area contributed by atoms with Crippen molar-refractivity contribution in [1.29, 1.82) is 0 Å². The van der Waals surface area contributed by atoms with Crippen LogP contribution in [0.15, 0.2) is 5.38 Å². The van der Waals surface area contributed by atoms with Crippen LogP contribution in [0.25, 0.3) is 0 Å². The Morgan fingerprint density at radius 1 is 1.50 bits per heavy atom. The summed E-state index contributed by atoms with van der Waals surface area (Å²) in [5.74, 6) is -0.000512. The summed E-state index contributed by atoms with van der Waals surface area (Å²) in [6, 6.07) is 0.211. The molecule has 2 N–H and O–H groups in total. The van der Waals surface area contributed by atoms with E-state index in [4.69, 9.17) is 0 Å². The van der Waals surface area contributed by atoms with Crippen molar-refractivity contribution in [3.8, 4) is 0 Å². The van der Waals surface area contributed by atoms with Gasteiger partial charge in [-0.25, -0.2) is 4.98 Å². The third-order valence-corrected chi connectivity index (χ3v) is 4.60. The smallest absolute Gasteiger partial charge is 0.273 e. The second kappa shape index (κ2) is 7.01. The molecule has 7 heteroatoms. The molecule has 1 aliphatic heterocycles. The van der Waals surface area contributed by atoms with E-state index >= 15 is 0 Å². The van der Waals surface area contributed by atoms with Gasteiger partial charge in [-0.05, 0) is 6.42 Å². The number of thiazole rings is 1. The molecule has 2 rings (SSSR count). The first-order valence-corrected chi connectivity index (χ1v) is 7.85. The summed E-state index contributed by atoms with van der Waals surface area (Å²) in [7, 11) is 1.80. The van der Waals surface area contributed by atoms with Crippen LogP contribution >= 0.6 is 11.3 Å². The minimum Gasteiger partial charge on any atom is -0.395 e. The Labute approximate surface area is 123 Å². The van der Waals surface area contributed by atoms with Crippen LogP contribution in [-0.4, -0.2) is 71.7 Å². The molecule has 1 aromatic heterocycles. The molecule has 20 heavy (non-hydrogen) atoms. The number of anilines is 1. The number of aliphatic hydroxyl groups excluding tert-OH is 1. The van der Waals surface area contributed by atoms with Gasteiger partial charge in [-0.15, -0.1) is 11.3 Å². The van der Waals surface area contributed by atoms with Gasteiger partial charge < -0.3 is 15.3 Å². The van der Waals surface area contributed by atoms with Gasteiger partial charge in [0.15, 0.2) is 5.13 Å². The van der Waals surface area contributed by atoms with E-state index in [0.29, 0.717) is 18.8 Å². The van der Waals surface area contributed by atoms with E-state index in [1.54, 1.807) is 12.4 Å². The lowest BCUT2D eigenvalue weighted by Crippen LogP contribution is -2.52. The molecular formula is C13H22N4O2S. The Balaban J connectivity index is 1.91. The molecule has 0 radical (unpaired) electrons. The highest BCUT2D eigenvalue weighted by Gasteiger charge is 2.26. The van der Waals surface area contributed by atoms with Crippen molar-refractivity contribution < 1.29 is 9.90 Å². The summed E-state index contributed by atoms with van der Waals surface area (Å²) in [5.41, 5.74) is 0.516. The van der Waals surface area contributed by atoms with Gasteiger partial charge in [0.25, 0.3) is 5.91 Å². The first-order chi connectivity index (χ1) is 9.69. The monoisotopic (exact) mass is 298 g/mol. The van der Waals surface area contributed by atoms with Gasteiger partial charge in [-0.1, -0.05) is 6.92 Å². The van der Waals surface area contributed by atoms with Crippen LogP contribution in [0.3, 0.4) is 0 Å².